The van der Waals surface area contributed by atoms with Crippen molar-refractivity contribution in [2.24, 2.45) is 0 Å². The molecule has 2 N–H and O–H groups in total. The number of rotatable bonds is 2. The van der Waals surface area contributed by atoms with Crippen molar-refractivity contribution in [3.8, 4) is 11.5 Å². The number of aromatic carboxylic acids is 1. The normalized spacial score (nSPS) is 16.3. The Morgan fingerprint density at radius 2 is 1.87 bits per heavy atom. The van der Waals surface area contributed by atoms with Crippen LogP contribution in [0.5, 0.6) is 11.5 Å². The average molecular weight is 310 g/mol. The van der Waals surface area contributed by atoms with Gasteiger partial charge in [-0.15, -0.1) is 0 Å². The van der Waals surface area contributed by atoms with Gasteiger partial charge in [-0.1, -0.05) is 18.2 Å². The van der Waals surface area contributed by atoms with Gasteiger partial charge in [-0.2, -0.15) is 0 Å². The van der Waals surface area contributed by atoms with Gasteiger partial charge in [-0.3, -0.25) is 0 Å². The Bertz CT molecular complexity index is 767. The van der Waals surface area contributed by atoms with Crippen LogP contribution in [-0.2, 0) is 6.42 Å². The molecular weight excluding hydrogens is 292 g/mol. The summed E-state index contributed by atoms with van der Waals surface area (Å²) in [5.74, 6) is 0.574. The van der Waals surface area contributed by atoms with Crippen LogP contribution in [0.25, 0.3) is 0 Å². The predicted molar refractivity (Wildman–Crippen MR) is 87.8 cm³/mol. The Morgan fingerprint density at radius 3 is 2.65 bits per heavy atom. The largest absolute Gasteiger partial charge is 0.478 e. The van der Waals surface area contributed by atoms with Gasteiger partial charge >= 0.3 is 5.97 Å². The summed E-state index contributed by atoms with van der Waals surface area (Å²) in [4.78, 5) is 14.1. The number of anilines is 1. The molecule has 118 valence electrons. The van der Waals surface area contributed by atoms with Crippen LogP contribution in [0, 0.1) is 0 Å². The van der Waals surface area contributed by atoms with Crippen molar-refractivity contribution >= 4 is 11.7 Å². The molecule has 1 saturated heterocycles. The van der Waals surface area contributed by atoms with Crippen molar-refractivity contribution in [1.29, 1.82) is 0 Å². The molecule has 2 aliphatic rings. The van der Waals surface area contributed by atoms with Gasteiger partial charge in [0.05, 0.1) is 11.3 Å². The molecule has 0 aliphatic carbocycles. The Kier molecular flexibility index (Phi) is 3.42. The molecule has 0 radical (unpaired) electrons. The summed E-state index contributed by atoms with van der Waals surface area (Å²) in [7, 11) is 0. The molecule has 0 bridgehead atoms. The van der Waals surface area contributed by atoms with Crippen molar-refractivity contribution in [2.45, 2.75) is 6.42 Å². The highest BCUT2D eigenvalue weighted by molar-refractivity contribution is 5.97. The van der Waals surface area contributed by atoms with E-state index in [4.69, 9.17) is 4.74 Å². The van der Waals surface area contributed by atoms with Crippen LogP contribution in [0.15, 0.2) is 36.4 Å². The number of fused-ring (bicyclic) bond motifs is 2. The Labute approximate surface area is 134 Å². The zero-order valence-corrected chi connectivity index (χ0v) is 12.7. The van der Waals surface area contributed by atoms with Gasteiger partial charge in [0.2, 0.25) is 0 Å². The monoisotopic (exact) mass is 310 g/mol. The molecule has 0 atom stereocenters. The van der Waals surface area contributed by atoms with Crippen molar-refractivity contribution in [3.05, 3.63) is 53.1 Å². The Balaban J connectivity index is 1.81. The fourth-order valence-electron chi connectivity index (χ4n) is 3.35. The molecular formula is C18H18N2O3. The van der Waals surface area contributed by atoms with Crippen LogP contribution < -0.4 is 15.0 Å². The van der Waals surface area contributed by atoms with E-state index < -0.39 is 5.97 Å². The summed E-state index contributed by atoms with van der Waals surface area (Å²) in [6, 6.07) is 11.6. The summed E-state index contributed by atoms with van der Waals surface area (Å²) in [5.41, 5.74) is 2.96. The molecule has 0 unspecified atom stereocenters. The van der Waals surface area contributed by atoms with E-state index in [1.165, 1.54) is 0 Å². The van der Waals surface area contributed by atoms with E-state index in [-0.39, 0.29) is 0 Å². The first kappa shape index (κ1) is 14.1. The smallest absolute Gasteiger partial charge is 0.338 e. The average Bonchev–Trinajstić information content (AvgIpc) is 2.59. The minimum atomic E-state index is -0.890. The predicted octanol–water partition coefficient (Wildman–Crippen LogP) is 2.49. The third kappa shape index (κ3) is 2.43. The van der Waals surface area contributed by atoms with Crippen LogP contribution in [0.2, 0.25) is 0 Å². The molecule has 1 fully saturated rings. The number of piperazine rings is 1. The number of nitrogens with one attached hydrogen (secondary N) is 1. The summed E-state index contributed by atoms with van der Waals surface area (Å²) < 4.78 is 5.92. The molecule has 5 nitrogen and oxygen atoms in total. The number of nitrogens with zero attached hydrogens (tertiary/aromatic N) is 1. The third-order valence-corrected chi connectivity index (χ3v) is 4.48. The van der Waals surface area contributed by atoms with E-state index in [1.807, 2.05) is 36.4 Å². The first-order valence-corrected chi connectivity index (χ1v) is 7.84. The van der Waals surface area contributed by atoms with Crippen LogP contribution in [0.4, 0.5) is 5.69 Å². The SMILES string of the molecule is O=C(O)c1c(N2CCNCC2)ccc2c1Cc1ccccc1O2. The van der Waals surface area contributed by atoms with Gasteiger partial charge < -0.3 is 20.1 Å². The van der Waals surface area contributed by atoms with Gasteiger partial charge in [0.25, 0.3) is 0 Å². The maximum atomic E-state index is 12.0. The number of carboxylic acid groups (broad SMARTS) is 1. The molecule has 0 saturated carbocycles. The topological polar surface area (TPSA) is 61.8 Å². The quantitative estimate of drug-likeness (QED) is 0.761. The second-order valence-electron chi connectivity index (χ2n) is 5.87. The lowest BCUT2D eigenvalue weighted by Crippen LogP contribution is -2.44. The summed E-state index contributed by atoms with van der Waals surface area (Å²) in [5, 5.41) is 13.1. The number of carboxylic acids is 1. The third-order valence-electron chi connectivity index (χ3n) is 4.48. The van der Waals surface area contributed by atoms with E-state index in [1.54, 1.807) is 0 Å². The Morgan fingerprint density at radius 1 is 1.09 bits per heavy atom. The second-order valence-corrected chi connectivity index (χ2v) is 5.87. The zero-order chi connectivity index (χ0) is 15.8. The molecule has 2 aromatic rings. The fraction of sp³-hybridized carbons (Fsp3) is 0.278. The van der Waals surface area contributed by atoms with E-state index in [2.05, 4.69) is 10.2 Å². The second kappa shape index (κ2) is 5.59. The highest BCUT2D eigenvalue weighted by Crippen LogP contribution is 2.41. The minimum absolute atomic E-state index is 0.374. The first-order chi connectivity index (χ1) is 11.2. The Hall–Kier alpha value is -2.53. The standard InChI is InChI=1S/C18H18N2O3/c21-18(22)17-13-11-12-3-1-2-4-15(12)23-16(13)6-5-14(17)20-9-7-19-8-10-20/h1-6,19H,7-11H2,(H,21,22). The highest BCUT2D eigenvalue weighted by atomic mass is 16.5. The summed E-state index contributed by atoms with van der Waals surface area (Å²) in [6.45, 7) is 3.37. The van der Waals surface area contributed by atoms with Crippen molar-refractivity contribution < 1.29 is 14.6 Å². The van der Waals surface area contributed by atoms with Crippen molar-refractivity contribution in [1.82, 2.24) is 5.32 Å². The molecule has 2 heterocycles. The van der Waals surface area contributed by atoms with Gasteiger partial charge in [0.15, 0.2) is 0 Å². The van der Waals surface area contributed by atoms with Crippen molar-refractivity contribution in [3.63, 3.8) is 0 Å². The molecule has 0 spiro atoms. The maximum Gasteiger partial charge on any atom is 0.338 e. The molecule has 0 amide bonds. The van der Waals surface area contributed by atoms with Crippen LogP contribution >= 0.6 is 0 Å². The van der Waals surface area contributed by atoms with Crippen LogP contribution in [0.1, 0.15) is 21.5 Å². The molecule has 2 aromatic carbocycles. The fourth-order valence-corrected chi connectivity index (χ4v) is 3.35. The lowest BCUT2D eigenvalue weighted by molar-refractivity contribution is 0.0696. The molecule has 0 aromatic heterocycles. The molecule has 5 heteroatoms. The highest BCUT2D eigenvalue weighted by Gasteiger charge is 2.27. The number of ether oxygens (including phenoxy) is 1. The first-order valence-electron chi connectivity index (χ1n) is 7.84. The number of carbonyl (C=O) groups is 1. The van der Waals surface area contributed by atoms with Crippen LogP contribution in [-0.4, -0.2) is 37.3 Å². The summed E-state index contributed by atoms with van der Waals surface area (Å²) in [6.07, 6.45) is 0.590. The number of hydrogen-bond acceptors (Lipinski definition) is 4. The molecule has 4 rings (SSSR count). The van der Waals surface area contributed by atoms with Crippen molar-refractivity contribution in [2.75, 3.05) is 31.1 Å². The van der Waals surface area contributed by atoms with Gasteiger partial charge in [-0.25, -0.2) is 4.79 Å². The van der Waals surface area contributed by atoms with E-state index in [0.717, 1.165) is 48.7 Å². The summed E-state index contributed by atoms with van der Waals surface area (Å²) >= 11 is 0. The van der Waals surface area contributed by atoms with E-state index in [9.17, 15) is 9.90 Å². The lowest BCUT2D eigenvalue weighted by atomic mass is 9.94. The number of benzene rings is 2. The zero-order valence-electron chi connectivity index (χ0n) is 12.7. The van der Waals surface area contributed by atoms with Gasteiger partial charge in [0, 0.05) is 38.2 Å². The minimum Gasteiger partial charge on any atom is -0.478 e. The van der Waals surface area contributed by atoms with Crippen LogP contribution in [0.3, 0.4) is 0 Å². The molecule has 2 aliphatic heterocycles. The number of hydrogen-bond donors (Lipinski definition) is 2. The lowest BCUT2D eigenvalue weighted by Gasteiger charge is -2.32. The molecule has 23 heavy (non-hydrogen) atoms. The van der Waals surface area contributed by atoms with Gasteiger partial charge in [0.1, 0.15) is 11.5 Å². The van der Waals surface area contributed by atoms with E-state index >= 15 is 0 Å². The van der Waals surface area contributed by atoms with Gasteiger partial charge in [-0.05, 0) is 23.8 Å². The number of para-hydroxylation sites is 1. The van der Waals surface area contributed by atoms with E-state index in [0.29, 0.717) is 17.7 Å². The maximum absolute atomic E-state index is 12.0.